The Morgan fingerprint density at radius 3 is 1.23 bits per heavy atom. The number of nitrogens with zero attached hydrogens (tertiary/aromatic N) is 5. The van der Waals surface area contributed by atoms with Crippen molar-refractivity contribution in [1.82, 2.24) is 29.8 Å². The van der Waals surface area contributed by atoms with Crippen LogP contribution in [0.2, 0.25) is 0 Å². The number of benzene rings is 3. The van der Waals surface area contributed by atoms with Gasteiger partial charge in [0.2, 0.25) is 0 Å². The molecule has 3 heterocycles. The molecule has 0 atom stereocenters. The van der Waals surface area contributed by atoms with Gasteiger partial charge in [-0.1, -0.05) is 0 Å². The van der Waals surface area contributed by atoms with Gasteiger partial charge in [-0.2, -0.15) is 24.7 Å². The smallest absolute Gasteiger partial charge is 0.870 e. The first-order chi connectivity index (χ1) is 32.7. The first-order valence-electron chi connectivity index (χ1n) is 19.7. The number of halogens is 3. The summed E-state index contributed by atoms with van der Waals surface area (Å²) >= 11 is 0. The number of rotatable bonds is 7. The zero-order valence-corrected chi connectivity index (χ0v) is 43.8. The Kier molecular flexibility index (Phi) is 32.8. The number of methoxy groups -OCH3 is 2. The second-order valence-electron chi connectivity index (χ2n) is 13.7. The molecule has 0 aliphatic rings. The number of carboxylic acid groups (broad SMARTS) is 3. The first-order valence-corrected chi connectivity index (χ1v) is 19.7. The van der Waals surface area contributed by atoms with Crippen LogP contribution in [0.15, 0.2) is 87.2 Å². The molecule has 3 aromatic heterocycles. The van der Waals surface area contributed by atoms with Gasteiger partial charge in [0.15, 0.2) is 0 Å². The minimum Gasteiger partial charge on any atom is -0.870 e. The van der Waals surface area contributed by atoms with Crippen LogP contribution in [0.1, 0.15) is 78.7 Å². The number of aromatic nitrogens is 6. The maximum absolute atomic E-state index is 12.9. The molecule has 73 heavy (non-hydrogen) atoms. The normalized spacial score (nSPS) is 9.23. The number of hydrogen-bond acceptors (Lipinski definition) is 16. The van der Waals surface area contributed by atoms with Crippen LogP contribution in [-0.4, -0.2) is 107 Å². The van der Waals surface area contributed by atoms with Gasteiger partial charge < -0.3 is 39.9 Å². The Morgan fingerprint density at radius 1 is 0.575 bits per heavy atom. The fourth-order valence-electron chi connectivity index (χ4n) is 5.09. The van der Waals surface area contributed by atoms with Gasteiger partial charge in [-0.15, -0.1) is 0 Å². The van der Waals surface area contributed by atoms with Crippen LogP contribution in [-0.2, 0) is 36.1 Å². The average Bonchev–Trinajstić information content (AvgIpc) is 3.29. The molecule has 6 rings (SSSR count). The summed E-state index contributed by atoms with van der Waals surface area (Å²) in [6, 6.07) is 15.7. The van der Waals surface area contributed by atoms with Crippen LogP contribution < -0.4 is 50.9 Å². The fraction of sp³-hybridized carbons (Fsp3) is 0.222. The van der Waals surface area contributed by atoms with Gasteiger partial charge in [-0.25, -0.2) is 32.7 Å². The third-order valence-corrected chi connectivity index (χ3v) is 8.76. The Balaban J connectivity index is -0.000000860. The first kappa shape index (κ1) is 70.0. The molecule has 28 heteroatoms. The molecule has 0 aliphatic heterocycles. The maximum atomic E-state index is 12.9. The van der Waals surface area contributed by atoms with Gasteiger partial charge in [-0.3, -0.25) is 24.0 Å². The molecule has 22 nitrogen and oxygen atoms in total. The molecule has 0 bridgehead atoms. The molecule has 2 radical (unpaired) electrons. The summed E-state index contributed by atoms with van der Waals surface area (Å²) in [4.78, 5) is 87.6. The standard InChI is InChI=1S/C14H13FN2O3.C13H11FN2O3.C8H10N2O3.C6H5BFO2.2C2H4O2.Cu.Na.H2O/c1-8-9(2)16-17(11-6-4-10(15)5-7-11)13(18)12(8)14(19)20-3;1-7-8(2)15-16(12(17)11(7)13(18)19)10-5-3-9(14)4-6-10;1-4-5(2)9-10-7(11)6(4)8(12)13-3;8-5-1-3-6(4-2-5)10-7-9;2*1-2(3)4;;;/h4-7H,1-3H3;3-6H,1-2H3,(H,18,19);1-3H3,(H,10,11);1-4,9H;2*1H3,(H,3,4);;;1H2/q;;;;;;;+1;/p-1. The van der Waals surface area contributed by atoms with Crippen LogP contribution >= 0.6 is 0 Å². The molecular weight excluding hydrogens is 1030 g/mol. The summed E-state index contributed by atoms with van der Waals surface area (Å²) in [5.74, 6) is -5.10. The zero-order valence-electron chi connectivity index (χ0n) is 40.9. The van der Waals surface area contributed by atoms with Crippen molar-refractivity contribution in [2.75, 3.05) is 14.2 Å². The molecule has 6 N–H and O–H groups in total. The van der Waals surface area contributed by atoms with Gasteiger partial charge in [0, 0.05) is 30.9 Å². The van der Waals surface area contributed by atoms with E-state index in [2.05, 4.69) is 34.5 Å². The second kappa shape index (κ2) is 34.2. The van der Waals surface area contributed by atoms with Gasteiger partial charge in [0.05, 0.1) is 42.7 Å². The minimum atomic E-state index is -1.30. The third-order valence-electron chi connectivity index (χ3n) is 8.76. The van der Waals surface area contributed by atoms with Crippen LogP contribution in [0, 0.1) is 59.0 Å². The van der Waals surface area contributed by atoms with E-state index in [0.29, 0.717) is 58.6 Å². The van der Waals surface area contributed by atoms with Crippen molar-refractivity contribution in [3.8, 4) is 17.1 Å². The van der Waals surface area contributed by atoms with E-state index in [1.54, 1.807) is 34.6 Å². The van der Waals surface area contributed by atoms with E-state index in [4.69, 9.17) is 29.9 Å². The van der Waals surface area contributed by atoms with E-state index in [9.17, 15) is 41.9 Å². The number of H-pyrrole nitrogens is 1. The summed E-state index contributed by atoms with van der Waals surface area (Å²) in [5, 5.41) is 46.2. The van der Waals surface area contributed by atoms with E-state index in [0.717, 1.165) is 23.2 Å². The molecule has 0 unspecified atom stereocenters. The molecule has 0 aliphatic carbocycles. The summed E-state index contributed by atoms with van der Waals surface area (Å²) in [6.07, 6.45) is 0. The average molecular weight is 1080 g/mol. The number of aliphatic carboxylic acids is 2. The Morgan fingerprint density at radius 2 is 0.890 bits per heavy atom. The van der Waals surface area contributed by atoms with Crippen molar-refractivity contribution < 1.29 is 124 Å². The van der Waals surface area contributed by atoms with Crippen LogP contribution in [0.4, 0.5) is 13.2 Å². The number of aromatic carboxylic acids is 1. The number of esters is 2. The summed E-state index contributed by atoms with van der Waals surface area (Å²) < 4.78 is 53.6. The van der Waals surface area contributed by atoms with Crippen LogP contribution in [0.25, 0.3) is 11.4 Å². The number of carbonyl (C=O) groups excluding carboxylic acids is 2. The summed E-state index contributed by atoms with van der Waals surface area (Å²) in [6.45, 7) is 12.0. The number of aromatic amines is 1. The zero-order chi connectivity index (χ0) is 53.6. The molecule has 0 spiro atoms. The van der Waals surface area contributed by atoms with Gasteiger partial charge >= 0.3 is 55.2 Å². The van der Waals surface area contributed by atoms with Crippen molar-refractivity contribution >= 4 is 37.5 Å². The van der Waals surface area contributed by atoms with E-state index >= 15 is 0 Å². The van der Waals surface area contributed by atoms with E-state index < -0.39 is 58.2 Å². The number of aryl methyl sites for hydroxylation is 3. The maximum Gasteiger partial charge on any atom is 1.00 e. The Labute approximate surface area is 447 Å². The molecule has 390 valence electrons. The molecule has 0 saturated carbocycles. The monoisotopic (exact) mass is 1080 g/mol. The van der Waals surface area contributed by atoms with Gasteiger partial charge in [-0.05, 0) is 131 Å². The summed E-state index contributed by atoms with van der Waals surface area (Å²) in [5.41, 5.74) is 1.41. The molecule has 0 amide bonds. The summed E-state index contributed by atoms with van der Waals surface area (Å²) in [7, 11) is 2.99. The van der Waals surface area contributed by atoms with E-state index in [1.807, 2.05) is 0 Å². The quantitative estimate of drug-likeness (QED) is 0.111. The number of carboxylic acids is 3. The Bertz CT molecular complexity index is 2960. The predicted molar refractivity (Wildman–Crippen MR) is 246 cm³/mol. The SMILES string of the molecule is CC(=O)O.CC(=O)O.COC(=O)c1c(C)c(C)n[nH]c1=O.COC(=O)c1c(C)c(C)nn(-c2ccc(F)cc2)c1=O.Cc1nn(-c2ccc(F)cc2)c(=O)c(C(=O)O)c1C.O[B]Oc1ccc(F)cc1.[Cu].[Na+].[OH-]. The van der Waals surface area contributed by atoms with Crippen LogP contribution in [0.5, 0.6) is 5.75 Å². The van der Waals surface area contributed by atoms with Crippen molar-refractivity contribution in [3.05, 3.63) is 172 Å². The molecular formula is C45H48BCuF3N6NaO16. The predicted octanol–water partition coefficient (Wildman–Crippen LogP) is 1.37. The van der Waals surface area contributed by atoms with E-state index in [1.165, 1.54) is 93.9 Å². The number of ether oxygens (including phenoxy) is 2. The van der Waals surface area contributed by atoms with Crippen molar-refractivity contribution in [1.29, 1.82) is 0 Å². The number of hydrogen-bond donors (Lipinski definition) is 5. The molecule has 0 saturated heterocycles. The van der Waals surface area contributed by atoms with Gasteiger partial charge in [0.1, 0.15) is 39.9 Å². The molecule has 6 aromatic rings. The van der Waals surface area contributed by atoms with Gasteiger partial charge in [0.25, 0.3) is 28.6 Å². The van der Waals surface area contributed by atoms with Crippen molar-refractivity contribution in [3.63, 3.8) is 0 Å². The van der Waals surface area contributed by atoms with E-state index in [-0.39, 0.29) is 74.6 Å². The van der Waals surface area contributed by atoms with Crippen molar-refractivity contribution in [2.45, 2.75) is 55.4 Å². The molecule has 3 aromatic carbocycles. The minimum absolute atomic E-state index is 0. The third kappa shape index (κ3) is 22.4. The Hall–Kier alpha value is -7.26. The van der Waals surface area contributed by atoms with Crippen LogP contribution in [0.3, 0.4) is 0 Å². The van der Waals surface area contributed by atoms with Crippen molar-refractivity contribution in [2.24, 2.45) is 0 Å². The second-order valence-corrected chi connectivity index (χ2v) is 13.7. The number of carbonyl (C=O) groups is 5. The largest absolute Gasteiger partial charge is 1.00 e. The topological polar surface area (TPSA) is 339 Å². The molecule has 0 fully saturated rings. The fourth-order valence-corrected chi connectivity index (χ4v) is 5.09. The number of nitrogens with one attached hydrogen (secondary N) is 1.